The average molecular weight is 564 g/mol. The molecular weight excluding hydrogens is 530 g/mol. The van der Waals surface area contributed by atoms with E-state index in [0.29, 0.717) is 28.4 Å². The van der Waals surface area contributed by atoms with Crippen molar-refractivity contribution in [2.75, 3.05) is 19.5 Å². The zero-order valence-electron chi connectivity index (χ0n) is 23.5. The lowest BCUT2D eigenvalue weighted by molar-refractivity contribution is 0.0696. The highest BCUT2D eigenvalue weighted by Crippen LogP contribution is 2.38. The molecule has 0 radical (unpaired) electrons. The molecule has 0 aliphatic heterocycles. The summed E-state index contributed by atoms with van der Waals surface area (Å²) in [5.41, 5.74) is 3.54. The van der Waals surface area contributed by atoms with Crippen LogP contribution in [0.2, 0.25) is 0 Å². The summed E-state index contributed by atoms with van der Waals surface area (Å²) < 4.78 is 19.9. The zero-order valence-corrected chi connectivity index (χ0v) is 24.3. The number of carboxylic acids is 1. The number of carboxylic acid groups (broad SMARTS) is 1. The number of pyridine rings is 1. The van der Waals surface area contributed by atoms with Crippen LogP contribution >= 0.6 is 11.9 Å². The van der Waals surface area contributed by atoms with Gasteiger partial charge in [-0.25, -0.2) is 9.78 Å². The minimum Gasteiger partial charge on any atom is -0.491 e. The van der Waals surface area contributed by atoms with Crippen molar-refractivity contribution in [2.45, 2.75) is 51.2 Å². The summed E-state index contributed by atoms with van der Waals surface area (Å²) in [4.78, 5) is 26.0. The molecule has 3 N–H and O–H groups in total. The van der Waals surface area contributed by atoms with E-state index in [4.69, 9.17) is 19.2 Å². The number of rotatable bonds is 10. The lowest BCUT2D eigenvalue weighted by Crippen LogP contribution is -2.29. The highest BCUT2D eigenvalue weighted by molar-refractivity contribution is 7.97. The van der Waals surface area contributed by atoms with Crippen LogP contribution in [0.15, 0.2) is 53.7 Å². The minimum absolute atomic E-state index is 0.113. The van der Waals surface area contributed by atoms with Gasteiger partial charge in [-0.05, 0) is 70.3 Å². The van der Waals surface area contributed by atoms with E-state index in [2.05, 4.69) is 40.8 Å². The third-order valence-electron chi connectivity index (χ3n) is 5.51. The lowest BCUT2D eigenvalue weighted by atomic mass is 10.0. The van der Waals surface area contributed by atoms with Gasteiger partial charge in [-0.3, -0.25) is 9.71 Å². The van der Waals surface area contributed by atoms with Crippen molar-refractivity contribution in [1.82, 2.24) is 19.7 Å². The monoisotopic (exact) mass is 563 g/mol. The number of nitrogens with one attached hydrogen (secondary N) is 2. The van der Waals surface area contributed by atoms with Crippen LogP contribution in [0.25, 0.3) is 22.0 Å². The van der Waals surface area contributed by atoms with Crippen molar-refractivity contribution < 1.29 is 24.1 Å². The van der Waals surface area contributed by atoms with Gasteiger partial charge in [0.25, 0.3) is 0 Å². The third kappa shape index (κ3) is 6.91. The van der Waals surface area contributed by atoms with Crippen LogP contribution in [0.5, 0.6) is 17.6 Å². The number of fused-ring (bicyclic) bond motifs is 1. The first kappa shape index (κ1) is 28.9. The second-order valence-electron chi connectivity index (χ2n) is 10.3. The van der Waals surface area contributed by atoms with Gasteiger partial charge in [-0.15, -0.1) is 0 Å². The number of methoxy groups -OCH3 is 2. The van der Waals surface area contributed by atoms with E-state index in [1.165, 1.54) is 25.1 Å². The number of nitrogens with zero attached hydrogens (tertiary/aromatic N) is 3. The predicted octanol–water partition coefficient (Wildman–Crippen LogP) is 6.33. The van der Waals surface area contributed by atoms with Crippen LogP contribution in [-0.4, -0.2) is 51.9 Å². The molecule has 4 aromatic rings. The van der Waals surface area contributed by atoms with E-state index < -0.39 is 5.97 Å². The normalized spacial score (nSPS) is 11.5. The molecule has 0 fully saturated rings. The average Bonchev–Trinajstić information content (AvgIpc) is 2.90. The highest BCUT2D eigenvalue weighted by Gasteiger charge is 2.18. The largest absolute Gasteiger partial charge is 0.491 e. The number of aromatic carboxylic acids is 1. The van der Waals surface area contributed by atoms with Gasteiger partial charge in [0.1, 0.15) is 5.75 Å². The standard InChI is InChI=1S/C29H33N5O5S/c1-16(2)39-20-11-18(27(35)36)10-19(13-20)32-25-21-9-8-17(22-14-31-28(38-7)33-26(22)37-6)12-23(21)30-15-24(25)40-34-29(3,4)5/h8-16,34H,1-7H3,(H,30,32)(H,35,36). The Kier molecular flexibility index (Phi) is 8.65. The van der Waals surface area contributed by atoms with Crippen LogP contribution in [0.1, 0.15) is 45.0 Å². The van der Waals surface area contributed by atoms with Crippen LogP contribution in [0, 0.1) is 0 Å². The Morgan fingerprint density at radius 2 is 1.80 bits per heavy atom. The number of carbonyl (C=O) groups is 1. The van der Waals surface area contributed by atoms with Gasteiger partial charge in [0.05, 0.1) is 47.6 Å². The highest BCUT2D eigenvalue weighted by atomic mass is 32.2. The maximum Gasteiger partial charge on any atom is 0.335 e. The molecule has 0 aliphatic rings. The van der Waals surface area contributed by atoms with E-state index in [1.54, 1.807) is 31.6 Å². The number of hydrogen-bond donors (Lipinski definition) is 3. The molecule has 210 valence electrons. The van der Waals surface area contributed by atoms with Crippen LogP contribution < -0.4 is 24.2 Å². The van der Waals surface area contributed by atoms with Gasteiger partial charge in [-0.1, -0.05) is 12.1 Å². The minimum atomic E-state index is -1.04. The van der Waals surface area contributed by atoms with Crippen molar-refractivity contribution in [2.24, 2.45) is 0 Å². The maximum atomic E-state index is 11.9. The summed E-state index contributed by atoms with van der Waals surface area (Å²) in [5.74, 6) is -0.193. The molecule has 0 amide bonds. The molecule has 2 aromatic carbocycles. The Morgan fingerprint density at radius 3 is 2.45 bits per heavy atom. The number of benzene rings is 2. The quantitative estimate of drug-likeness (QED) is 0.187. The fourth-order valence-corrected chi connectivity index (χ4v) is 4.62. The second-order valence-corrected chi connectivity index (χ2v) is 11.2. The van der Waals surface area contributed by atoms with E-state index in [0.717, 1.165) is 21.5 Å². The van der Waals surface area contributed by atoms with Crippen molar-refractivity contribution in [3.63, 3.8) is 0 Å². The van der Waals surface area contributed by atoms with Gasteiger partial charge in [-0.2, -0.15) is 4.98 Å². The molecule has 2 heterocycles. The summed E-state index contributed by atoms with van der Waals surface area (Å²) >= 11 is 1.45. The molecule has 4 rings (SSSR count). The first-order chi connectivity index (χ1) is 19.0. The first-order valence-corrected chi connectivity index (χ1v) is 13.4. The molecule has 40 heavy (non-hydrogen) atoms. The van der Waals surface area contributed by atoms with E-state index >= 15 is 0 Å². The topological polar surface area (TPSA) is 128 Å². The van der Waals surface area contributed by atoms with Crippen molar-refractivity contribution in [3.05, 3.63) is 54.4 Å². The van der Waals surface area contributed by atoms with Crippen LogP contribution in [0.3, 0.4) is 0 Å². The van der Waals surface area contributed by atoms with Gasteiger partial charge in [0.2, 0.25) is 5.88 Å². The SMILES string of the molecule is COc1ncc(-c2ccc3c(Nc4cc(OC(C)C)cc(C(=O)O)c4)c(SNC(C)(C)C)cnc3c2)c(OC)n1. The van der Waals surface area contributed by atoms with Crippen molar-refractivity contribution in [3.8, 4) is 28.8 Å². The van der Waals surface area contributed by atoms with E-state index in [1.807, 2.05) is 32.0 Å². The summed E-state index contributed by atoms with van der Waals surface area (Å²) in [7, 11) is 3.04. The number of ether oxygens (including phenoxy) is 3. The Bertz CT molecular complexity index is 1540. The Balaban J connectivity index is 1.84. The van der Waals surface area contributed by atoms with Gasteiger partial charge < -0.3 is 24.6 Å². The van der Waals surface area contributed by atoms with Crippen molar-refractivity contribution in [1.29, 1.82) is 0 Å². The maximum absolute atomic E-state index is 11.9. The number of aromatic nitrogens is 3. The fourth-order valence-electron chi connectivity index (χ4n) is 3.84. The molecule has 0 aliphatic carbocycles. The smallest absolute Gasteiger partial charge is 0.335 e. The summed E-state index contributed by atoms with van der Waals surface area (Å²) in [5, 5.41) is 14.0. The van der Waals surface area contributed by atoms with E-state index in [-0.39, 0.29) is 23.2 Å². The lowest BCUT2D eigenvalue weighted by Gasteiger charge is -2.22. The molecule has 0 spiro atoms. The van der Waals surface area contributed by atoms with Crippen molar-refractivity contribution >= 4 is 40.2 Å². The first-order valence-electron chi connectivity index (χ1n) is 12.6. The van der Waals surface area contributed by atoms with Gasteiger partial charge in [0.15, 0.2) is 0 Å². The summed E-state index contributed by atoms with van der Waals surface area (Å²) in [6.45, 7) is 10.0. The fraction of sp³-hybridized carbons (Fsp3) is 0.310. The molecule has 2 aromatic heterocycles. The molecule has 0 bridgehead atoms. The Morgan fingerprint density at radius 1 is 1.02 bits per heavy atom. The van der Waals surface area contributed by atoms with Crippen LogP contribution in [-0.2, 0) is 0 Å². The third-order valence-corrected chi connectivity index (χ3v) is 6.76. The summed E-state index contributed by atoms with van der Waals surface area (Å²) in [6.07, 6.45) is 3.32. The molecule has 11 heteroatoms. The van der Waals surface area contributed by atoms with Crippen LogP contribution in [0.4, 0.5) is 11.4 Å². The molecule has 0 saturated heterocycles. The molecular formula is C29H33N5O5S. The number of anilines is 2. The Labute approximate surface area is 237 Å². The molecule has 0 atom stereocenters. The second kappa shape index (κ2) is 12.0. The van der Waals surface area contributed by atoms with Gasteiger partial charge >= 0.3 is 12.0 Å². The van der Waals surface area contributed by atoms with Gasteiger partial charge in [0, 0.05) is 35.1 Å². The number of hydrogen-bond acceptors (Lipinski definition) is 10. The van der Waals surface area contributed by atoms with E-state index in [9.17, 15) is 9.90 Å². The molecule has 0 unspecified atom stereocenters. The molecule has 0 saturated carbocycles. The zero-order chi connectivity index (χ0) is 29.0. The Hall–Kier alpha value is -4.09. The predicted molar refractivity (Wildman–Crippen MR) is 157 cm³/mol. The summed E-state index contributed by atoms with van der Waals surface area (Å²) in [6, 6.07) is 10.9. The molecule has 10 nitrogen and oxygen atoms in total.